The highest BCUT2D eigenvalue weighted by atomic mass is 79.9. The van der Waals surface area contributed by atoms with Crippen molar-refractivity contribution in [3.63, 3.8) is 0 Å². The Balaban J connectivity index is 2.32. The summed E-state index contributed by atoms with van der Waals surface area (Å²) in [6.07, 6.45) is 3.33. The van der Waals surface area contributed by atoms with Crippen molar-refractivity contribution in [1.29, 1.82) is 0 Å². The Bertz CT molecular complexity index is 545. The Morgan fingerprint density at radius 3 is 2.61 bits per heavy atom. The predicted molar refractivity (Wildman–Crippen MR) is 73.5 cm³/mol. The van der Waals surface area contributed by atoms with E-state index < -0.39 is 0 Å². The Morgan fingerprint density at radius 2 is 2.00 bits per heavy atom. The van der Waals surface area contributed by atoms with Gasteiger partial charge in [0.15, 0.2) is 0 Å². The van der Waals surface area contributed by atoms with Crippen LogP contribution in [0.3, 0.4) is 0 Å². The minimum Gasteiger partial charge on any atom is -0.307 e. The number of hydrogen-bond donors (Lipinski definition) is 0. The Kier molecular flexibility index (Phi) is 4.04. The zero-order chi connectivity index (χ0) is 13.0. The van der Waals surface area contributed by atoms with Crippen LogP contribution >= 0.6 is 15.9 Å². The van der Waals surface area contributed by atoms with Crippen LogP contribution < -0.4 is 4.90 Å². The molecule has 0 saturated heterocycles. The SMILES string of the molecule is CCN(C(=O)c1cccc(Br)n1)c1ccncc1. The summed E-state index contributed by atoms with van der Waals surface area (Å²) in [6.45, 7) is 2.51. The average molecular weight is 306 g/mol. The van der Waals surface area contributed by atoms with E-state index in [1.807, 2.05) is 6.92 Å². The van der Waals surface area contributed by atoms with Gasteiger partial charge < -0.3 is 4.90 Å². The van der Waals surface area contributed by atoms with Crippen molar-refractivity contribution >= 4 is 27.5 Å². The van der Waals surface area contributed by atoms with Gasteiger partial charge in [-0.3, -0.25) is 9.78 Å². The van der Waals surface area contributed by atoms with E-state index in [2.05, 4.69) is 25.9 Å². The topological polar surface area (TPSA) is 46.1 Å². The van der Waals surface area contributed by atoms with Crippen LogP contribution in [0.15, 0.2) is 47.3 Å². The van der Waals surface area contributed by atoms with Gasteiger partial charge in [0.2, 0.25) is 0 Å². The highest BCUT2D eigenvalue weighted by Gasteiger charge is 2.17. The van der Waals surface area contributed by atoms with Crippen molar-refractivity contribution in [3.8, 4) is 0 Å². The molecule has 0 aliphatic heterocycles. The molecule has 4 nitrogen and oxygen atoms in total. The average Bonchev–Trinajstić information content (AvgIpc) is 2.41. The summed E-state index contributed by atoms with van der Waals surface area (Å²) >= 11 is 3.27. The fourth-order valence-corrected chi connectivity index (χ4v) is 1.98. The van der Waals surface area contributed by atoms with Crippen LogP contribution in [0.5, 0.6) is 0 Å². The minimum atomic E-state index is -0.120. The van der Waals surface area contributed by atoms with Crippen molar-refractivity contribution in [2.75, 3.05) is 11.4 Å². The van der Waals surface area contributed by atoms with Gasteiger partial charge in [0, 0.05) is 24.6 Å². The van der Waals surface area contributed by atoms with Crippen LogP contribution in [-0.4, -0.2) is 22.4 Å². The van der Waals surface area contributed by atoms with Crippen LogP contribution in [-0.2, 0) is 0 Å². The summed E-state index contributed by atoms with van der Waals surface area (Å²) in [4.78, 5) is 22.1. The van der Waals surface area contributed by atoms with E-state index in [-0.39, 0.29) is 5.91 Å². The number of amides is 1. The molecule has 0 bridgehead atoms. The number of hydrogen-bond acceptors (Lipinski definition) is 3. The number of carbonyl (C=O) groups excluding carboxylic acids is 1. The number of aromatic nitrogens is 2. The van der Waals surface area contributed by atoms with Crippen molar-refractivity contribution in [2.45, 2.75) is 6.92 Å². The molecule has 92 valence electrons. The first-order valence-electron chi connectivity index (χ1n) is 5.57. The molecule has 2 rings (SSSR count). The molecule has 0 saturated carbocycles. The molecule has 0 fully saturated rings. The molecule has 0 aliphatic rings. The number of nitrogens with zero attached hydrogens (tertiary/aromatic N) is 3. The molecular weight excluding hydrogens is 294 g/mol. The van der Waals surface area contributed by atoms with Gasteiger partial charge in [-0.25, -0.2) is 4.98 Å². The molecule has 0 aliphatic carbocycles. The molecule has 2 aromatic heterocycles. The highest BCUT2D eigenvalue weighted by Crippen LogP contribution is 2.16. The third-order valence-corrected chi connectivity index (χ3v) is 2.91. The second-order valence-corrected chi connectivity index (χ2v) is 4.41. The van der Waals surface area contributed by atoms with Gasteiger partial charge in [-0.05, 0) is 47.1 Å². The molecule has 2 heterocycles. The molecule has 1 amide bonds. The Hall–Kier alpha value is -1.75. The molecule has 18 heavy (non-hydrogen) atoms. The lowest BCUT2D eigenvalue weighted by Crippen LogP contribution is -2.31. The first kappa shape index (κ1) is 12.7. The lowest BCUT2D eigenvalue weighted by atomic mass is 10.2. The van der Waals surface area contributed by atoms with E-state index >= 15 is 0 Å². The zero-order valence-corrected chi connectivity index (χ0v) is 11.5. The van der Waals surface area contributed by atoms with Crippen LogP contribution in [0.4, 0.5) is 5.69 Å². The van der Waals surface area contributed by atoms with Crippen molar-refractivity contribution in [1.82, 2.24) is 9.97 Å². The van der Waals surface area contributed by atoms with E-state index in [0.717, 1.165) is 5.69 Å². The molecule has 0 radical (unpaired) electrons. The summed E-state index contributed by atoms with van der Waals surface area (Å²) in [7, 11) is 0. The largest absolute Gasteiger partial charge is 0.307 e. The summed E-state index contributed by atoms with van der Waals surface area (Å²) < 4.78 is 0.652. The monoisotopic (exact) mass is 305 g/mol. The van der Waals surface area contributed by atoms with Gasteiger partial charge in [0.25, 0.3) is 5.91 Å². The van der Waals surface area contributed by atoms with Crippen LogP contribution in [0, 0.1) is 0 Å². The maximum atomic E-state index is 12.4. The zero-order valence-electron chi connectivity index (χ0n) is 9.88. The predicted octanol–water partition coefficient (Wildman–Crippen LogP) is 2.91. The molecule has 2 aromatic rings. The van der Waals surface area contributed by atoms with E-state index in [1.54, 1.807) is 47.6 Å². The van der Waals surface area contributed by atoms with Crippen LogP contribution in [0.2, 0.25) is 0 Å². The smallest absolute Gasteiger partial charge is 0.276 e. The van der Waals surface area contributed by atoms with Gasteiger partial charge in [0.1, 0.15) is 10.3 Å². The number of carbonyl (C=O) groups is 1. The summed E-state index contributed by atoms with van der Waals surface area (Å²) in [5.74, 6) is -0.120. The van der Waals surface area contributed by atoms with Gasteiger partial charge in [0.05, 0.1) is 0 Å². The molecule has 0 spiro atoms. The number of halogens is 1. The van der Waals surface area contributed by atoms with Gasteiger partial charge in [-0.15, -0.1) is 0 Å². The lowest BCUT2D eigenvalue weighted by molar-refractivity contribution is 0.0983. The number of rotatable bonds is 3. The fourth-order valence-electron chi connectivity index (χ4n) is 1.63. The van der Waals surface area contributed by atoms with Crippen molar-refractivity contribution < 1.29 is 4.79 Å². The first-order chi connectivity index (χ1) is 8.72. The van der Waals surface area contributed by atoms with Crippen molar-refractivity contribution in [2.24, 2.45) is 0 Å². The molecule has 0 N–H and O–H groups in total. The van der Waals surface area contributed by atoms with Gasteiger partial charge in [-0.2, -0.15) is 0 Å². The Morgan fingerprint density at radius 1 is 1.28 bits per heavy atom. The van der Waals surface area contributed by atoms with E-state index in [9.17, 15) is 4.79 Å². The minimum absolute atomic E-state index is 0.120. The Labute approximate surface area is 114 Å². The van der Waals surface area contributed by atoms with E-state index in [4.69, 9.17) is 0 Å². The summed E-state index contributed by atoms with van der Waals surface area (Å²) in [6, 6.07) is 8.90. The van der Waals surface area contributed by atoms with E-state index in [0.29, 0.717) is 16.8 Å². The lowest BCUT2D eigenvalue weighted by Gasteiger charge is -2.20. The second kappa shape index (κ2) is 5.73. The van der Waals surface area contributed by atoms with Gasteiger partial charge >= 0.3 is 0 Å². The number of pyridine rings is 2. The molecule has 5 heteroatoms. The molecule has 0 unspecified atom stereocenters. The molecule has 0 atom stereocenters. The maximum absolute atomic E-state index is 12.4. The summed E-state index contributed by atoms with van der Waals surface area (Å²) in [5, 5.41) is 0. The van der Waals surface area contributed by atoms with Crippen LogP contribution in [0.1, 0.15) is 17.4 Å². The normalized spacial score (nSPS) is 10.1. The fraction of sp³-hybridized carbons (Fsp3) is 0.154. The quantitative estimate of drug-likeness (QED) is 0.819. The molecule has 0 aromatic carbocycles. The standard InChI is InChI=1S/C13H12BrN3O/c1-2-17(10-6-8-15-9-7-10)13(18)11-4-3-5-12(14)16-11/h3-9H,2H2,1H3. The summed E-state index contributed by atoms with van der Waals surface area (Å²) in [5.41, 5.74) is 1.24. The maximum Gasteiger partial charge on any atom is 0.276 e. The first-order valence-corrected chi connectivity index (χ1v) is 6.36. The van der Waals surface area contributed by atoms with Gasteiger partial charge in [-0.1, -0.05) is 6.07 Å². The molecular formula is C13H12BrN3O. The van der Waals surface area contributed by atoms with E-state index in [1.165, 1.54) is 0 Å². The van der Waals surface area contributed by atoms with Crippen molar-refractivity contribution in [3.05, 3.63) is 53.0 Å². The third-order valence-electron chi connectivity index (χ3n) is 2.47. The number of anilines is 1. The third kappa shape index (κ3) is 2.73. The highest BCUT2D eigenvalue weighted by molar-refractivity contribution is 9.10. The second-order valence-electron chi connectivity index (χ2n) is 3.60. The van der Waals surface area contributed by atoms with Crippen LogP contribution in [0.25, 0.3) is 0 Å².